The Labute approximate surface area is 213 Å². The van der Waals surface area contributed by atoms with Crippen LogP contribution in [0.5, 0.6) is 11.5 Å². The number of phenols is 1. The lowest BCUT2D eigenvalue weighted by molar-refractivity contribution is -0.126. The van der Waals surface area contributed by atoms with Crippen LogP contribution in [0.25, 0.3) is 0 Å². The molecule has 0 radical (unpaired) electrons. The maximum absolute atomic E-state index is 13.3. The number of hydrogen-bond acceptors (Lipinski definition) is 6. The van der Waals surface area contributed by atoms with E-state index in [2.05, 4.69) is 5.32 Å². The van der Waals surface area contributed by atoms with Crippen LogP contribution in [0.2, 0.25) is 0 Å². The van der Waals surface area contributed by atoms with Crippen molar-refractivity contribution < 1.29 is 29.0 Å². The third kappa shape index (κ3) is 3.73. The quantitative estimate of drug-likeness (QED) is 0.380. The largest absolute Gasteiger partial charge is 0.507 e. The maximum atomic E-state index is 13.3. The van der Waals surface area contributed by atoms with Crippen molar-refractivity contribution in [3.63, 3.8) is 0 Å². The Bertz CT molecular complexity index is 1460. The molecule has 1 heterocycles. The van der Waals surface area contributed by atoms with Gasteiger partial charge in [0.2, 0.25) is 11.8 Å². The number of allylic oxidation sites excluding steroid dienone is 6. The van der Waals surface area contributed by atoms with Gasteiger partial charge in [0.05, 0.1) is 11.8 Å². The van der Waals surface area contributed by atoms with Crippen LogP contribution in [0.1, 0.15) is 36.8 Å². The van der Waals surface area contributed by atoms with Crippen LogP contribution in [0, 0.1) is 17.8 Å². The van der Waals surface area contributed by atoms with E-state index in [0.717, 1.165) is 11.1 Å². The number of fused-ring (bicyclic) bond motifs is 3. The minimum Gasteiger partial charge on any atom is -0.507 e. The highest BCUT2D eigenvalue weighted by molar-refractivity contribution is 6.23. The van der Waals surface area contributed by atoms with Crippen molar-refractivity contribution in [1.29, 1.82) is 0 Å². The Morgan fingerprint density at radius 1 is 1.00 bits per heavy atom. The molecule has 0 aromatic heterocycles. The van der Waals surface area contributed by atoms with Crippen LogP contribution in [-0.4, -0.2) is 28.5 Å². The van der Waals surface area contributed by atoms with Crippen LogP contribution < -0.4 is 10.1 Å². The van der Waals surface area contributed by atoms with Crippen molar-refractivity contribution in [3.05, 3.63) is 94.1 Å². The number of aromatic hydroxyl groups is 1. The average Bonchev–Trinajstić information content (AvgIpc) is 3.19. The predicted molar refractivity (Wildman–Crippen MR) is 133 cm³/mol. The van der Waals surface area contributed by atoms with Gasteiger partial charge < -0.3 is 9.84 Å². The molecule has 37 heavy (non-hydrogen) atoms. The number of ether oxygens (including phenoxy) is 1. The lowest BCUT2D eigenvalue weighted by Gasteiger charge is -2.42. The molecule has 3 aliphatic carbocycles. The van der Waals surface area contributed by atoms with E-state index in [0.29, 0.717) is 41.1 Å². The molecular weight excluding hydrogens is 470 g/mol. The highest BCUT2D eigenvalue weighted by Crippen LogP contribution is 2.55. The van der Waals surface area contributed by atoms with Crippen molar-refractivity contribution >= 4 is 23.4 Å². The first-order valence-electron chi connectivity index (χ1n) is 12.4. The number of rotatable bonds is 4. The zero-order chi connectivity index (χ0) is 25.8. The molecule has 4 aliphatic rings. The number of carbonyl (C=O) groups is 4. The second-order valence-electron chi connectivity index (χ2n) is 10.1. The van der Waals surface area contributed by atoms with Gasteiger partial charge in [0.1, 0.15) is 18.1 Å². The summed E-state index contributed by atoms with van der Waals surface area (Å²) in [5, 5.41) is 13.6. The number of ketones is 2. The minimum atomic E-state index is -0.692. The smallest absolute Gasteiger partial charge is 0.231 e. The fourth-order valence-corrected chi connectivity index (χ4v) is 6.25. The lowest BCUT2D eigenvalue weighted by atomic mass is 9.59. The van der Waals surface area contributed by atoms with E-state index in [1.165, 1.54) is 12.1 Å². The highest BCUT2D eigenvalue weighted by atomic mass is 16.5. The van der Waals surface area contributed by atoms with E-state index >= 15 is 0 Å². The normalized spacial score (nSPS) is 26.6. The van der Waals surface area contributed by atoms with Crippen molar-refractivity contribution in [1.82, 2.24) is 5.32 Å². The Balaban J connectivity index is 1.42. The summed E-state index contributed by atoms with van der Waals surface area (Å²) < 4.78 is 5.86. The first-order valence-corrected chi connectivity index (χ1v) is 12.4. The molecule has 2 N–H and O–H groups in total. The molecule has 2 aromatic rings. The predicted octanol–water partition coefficient (Wildman–Crippen LogP) is 3.69. The van der Waals surface area contributed by atoms with Crippen molar-refractivity contribution in [3.8, 4) is 11.5 Å². The van der Waals surface area contributed by atoms with Gasteiger partial charge in [-0.05, 0) is 43.4 Å². The summed E-state index contributed by atoms with van der Waals surface area (Å²) in [5.41, 5.74) is 3.31. The van der Waals surface area contributed by atoms with E-state index in [1.54, 1.807) is 19.1 Å². The Morgan fingerprint density at radius 3 is 2.54 bits per heavy atom. The molecule has 1 fully saturated rings. The molecule has 7 heteroatoms. The van der Waals surface area contributed by atoms with E-state index < -0.39 is 23.7 Å². The monoisotopic (exact) mass is 495 g/mol. The number of Topliss-reactive ketones (excluding diaryl/α,β-unsaturated/α-hetero) is 1. The Kier molecular flexibility index (Phi) is 5.44. The van der Waals surface area contributed by atoms with Crippen molar-refractivity contribution in [2.75, 3.05) is 0 Å². The lowest BCUT2D eigenvalue weighted by Crippen LogP contribution is -2.39. The summed E-state index contributed by atoms with van der Waals surface area (Å²) in [6, 6.07) is 14.6. The van der Waals surface area contributed by atoms with Crippen LogP contribution >= 0.6 is 0 Å². The van der Waals surface area contributed by atoms with Gasteiger partial charge in [-0.1, -0.05) is 48.0 Å². The average molecular weight is 496 g/mol. The summed E-state index contributed by atoms with van der Waals surface area (Å²) in [5.74, 6) is -2.94. The summed E-state index contributed by atoms with van der Waals surface area (Å²) in [7, 11) is 0. The third-order valence-electron chi connectivity index (χ3n) is 7.97. The molecule has 0 unspecified atom stereocenters. The Morgan fingerprint density at radius 2 is 1.78 bits per heavy atom. The van der Waals surface area contributed by atoms with E-state index in [4.69, 9.17) is 4.74 Å². The molecule has 1 saturated heterocycles. The van der Waals surface area contributed by atoms with Gasteiger partial charge in [0.15, 0.2) is 11.6 Å². The minimum absolute atomic E-state index is 0.0652. The zero-order valence-electron chi connectivity index (χ0n) is 20.2. The van der Waals surface area contributed by atoms with Gasteiger partial charge in [-0.2, -0.15) is 0 Å². The van der Waals surface area contributed by atoms with E-state index in [9.17, 15) is 24.3 Å². The van der Waals surface area contributed by atoms with Gasteiger partial charge in [-0.25, -0.2) is 0 Å². The molecule has 1 aliphatic heterocycles. The molecule has 0 saturated carbocycles. The molecule has 0 bridgehead atoms. The van der Waals surface area contributed by atoms with Crippen molar-refractivity contribution in [2.24, 2.45) is 17.8 Å². The second-order valence-corrected chi connectivity index (χ2v) is 10.1. The van der Waals surface area contributed by atoms with E-state index in [-0.39, 0.29) is 35.6 Å². The first-order chi connectivity index (χ1) is 17.8. The molecule has 186 valence electrons. The fraction of sp³-hybridized carbons (Fsp3) is 0.267. The second kappa shape index (κ2) is 8.69. The number of nitrogens with one attached hydrogen (secondary N) is 1. The zero-order valence-corrected chi connectivity index (χ0v) is 20.2. The number of imide groups is 1. The van der Waals surface area contributed by atoms with Gasteiger partial charge in [0.25, 0.3) is 0 Å². The number of amides is 2. The van der Waals surface area contributed by atoms with Gasteiger partial charge in [-0.15, -0.1) is 0 Å². The fourth-order valence-electron chi connectivity index (χ4n) is 6.25. The topological polar surface area (TPSA) is 110 Å². The summed E-state index contributed by atoms with van der Waals surface area (Å²) in [6.07, 6.45) is 3.85. The number of benzene rings is 2. The third-order valence-corrected chi connectivity index (χ3v) is 7.97. The Hall–Kier alpha value is -4.26. The first kappa shape index (κ1) is 23.2. The van der Waals surface area contributed by atoms with Gasteiger partial charge in [-0.3, -0.25) is 24.5 Å². The molecule has 6 rings (SSSR count). The summed E-state index contributed by atoms with van der Waals surface area (Å²) in [4.78, 5) is 51.7. The number of carbonyl (C=O) groups excluding carboxylic acids is 4. The van der Waals surface area contributed by atoms with Crippen LogP contribution in [-0.2, 0) is 25.8 Å². The van der Waals surface area contributed by atoms with Crippen LogP contribution in [0.15, 0.2) is 83.0 Å². The van der Waals surface area contributed by atoms with Gasteiger partial charge in [0, 0.05) is 34.3 Å². The molecular formula is C30H25NO6. The number of hydrogen-bond donors (Lipinski definition) is 2. The van der Waals surface area contributed by atoms with Gasteiger partial charge >= 0.3 is 0 Å². The molecule has 2 aromatic carbocycles. The molecule has 4 atom stereocenters. The maximum Gasteiger partial charge on any atom is 0.231 e. The summed E-state index contributed by atoms with van der Waals surface area (Å²) >= 11 is 0. The number of phenolic OH excluding ortho intramolecular Hbond substituents is 1. The molecule has 7 nitrogen and oxygen atoms in total. The molecule has 0 spiro atoms. The standard InChI is InChI=1S/C30H25NO6/c1-15-11-24(33)27-22(28(15)34)13-21-18(9-10-20-26(21)30(36)31-29(20)35)25(27)19-8-7-17(12-23(19)32)37-14-16-5-3-2-4-6-16/h2-9,11-12,20-21,25-26,32H,10,13-14H2,1H3,(H,31,35,36)/t20-,21+,25+,26-/m0/s1. The molecule has 2 amide bonds. The van der Waals surface area contributed by atoms with Crippen LogP contribution in [0.4, 0.5) is 0 Å². The summed E-state index contributed by atoms with van der Waals surface area (Å²) in [6.45, 7) is 1.94. The highest BCUT2D eigenvalue weighted by Gasteiger charge is 2.53. The van der Waals surface area contributed by atoms with Crippen LogP contribution in [0.3, 0.4) is 0 Å². The van der Waals surface area contributed by atoms with Crippen molar-refractivity contribution in [2.45, 2.75) is 32.3 Å². The SMILES string of the molecule is CC1=CC(=O)C2=C(C[C@@H]3C(=CC[C@@H]4C(=O)NC(=O)[C@@H]43)[C@@H]2c2ccc(OCc3ccccc3)cc2O)C1=O. The van der Waals surface area contributed by atoms with E-state index in [1.807, 2.05) is 36.4 Å².